The molecule has 0 aliphatic rings. The molecule has 1 amide bonds. The Bertz CT molecular complexity index is 463. The number of nitrogens with one attached hydrogen (secondary N) is 1. The maximum Gasteiger partial charge on any atom is 0.420 e. The van der Waals surface area contributed by atoms with E-state index in [0.29, 0.717) is 6.42 Å². The molecule has 0 fully saturated rings. The maximum absolute atomic E-state index is 12.8. The van der Waals surface area contributed by atoms with Crippen LogP contribution < -0.4 is 10.1 Å². The standard InChI is InChI=1S/C12H13BrF3NO2/c1-3-9(13)11(18)17-7-4-5-10(19-2)8(6-7)12(14,15)16/h4-6,9H,3H2,1-2H3,(H,17,18). The quantitative estimate of drug-likeness (QED) is 0.846. The lowest BCUT2D eigenvalue weighted by atomic mass is 10.1. The minimum Gasteiger partial charge on any atom is -0.496 e. The minimum atomic E-state index is -4.54. The predicted molar refractivity (Wildman–Crippen MR) is 69.6 cm³/mol. The highest BCUT2D eigenvalue weighted by Crippen LogP contribution is 2.37. The van der Waals surface area contributed by atoms with E-state index in [0.717, 1.165) is 13.2 Å². The number of anilines is 1. The number of rotatable bonds is 4. The van der Waals surface area contributed by atoms with Crippen LogP contribution in [0.3, 0.4) is 0 Å². The van der Waals surface area contributed by atoms with Gasteiger partial charge in [-0.25, -0.2) is 0 Å². The fourth-order valence-corrected chi connectivity index (χ4v) is 1.53. The summed E-state index contributed by atoms with van der Waals surface area (Å²) in [5.41, 5.74) is -0.841. The van der Waals surface area contributed by atoms with Crippen LogP contribution in [0, 0.1) is 0 Å². The molecule has 7 heteroatoms. The van der Waals surface area contributed by atoms with Gasteiger partial charge in [0, 0.05) is 5.69 Å². The molecule has 19 heavy (non-hydrogen) atoms. The minimum absolute atomic E-state index is 0.0797. The van der Waals surface area contributed by atoms with Crippen molar-refractivity contribution in [2.24, 2.45) is 0 Å². The zero-order chi connectivity index (χ0) is 14.6. The van der Waals surface area contributed by atoms with E-state index < -0.39 is 16.6 Å². The molecule has 0 bridgehead atoms. The first-order valence-corrected chi connectivity index (χ1v) is 6.41. The first kappa shape index (κ1) is 15.8. The highest BCUT2D eigenvalue weighted by molar-refractivity contribution is 9.10. The van der Waals surface area contributed by atoms with Crippen molar-refractivity contribution in [2.45, 2.75) is 24.3 Å². The fraction of sp³-hybridized carbons (Fsp3) is 0.417. The van der Waals surface area contributed by atoms with Crippen LogP contribution in [0.5, 0.6) is 5.75 Å². The van der Waals surface area contributed by atoms with Crippen LogP contribution in [0.15, 0.2) is 18.2 Å². The van der Waals surface area contributed by atoms with Gasteiger partial charge < -0.3 is 10.1 Å². The third kappa shape index (κ3) is 4.12. The van der Waals surface area contributed by atoms with Crippen molar-refractivity contribution in [1.82, 2.24) is 0 Å². The van der Waals surface area contributed by atoms with Gasteiger partial charge in [-0.1, -0.05) is 22.9 Å². The lowest BCUT2D eigenvalue weighted by Crippen LogP contribution is -2.22. The molecule has 1 N–H and O–H groups in total. The number of halogens is 4. The van der Waals surface area contributed by atoms with Gasteiger partial charge in [-0.15, -0.1) is 0 Å². The Morgan fingerprint density at radius 1 is 1.47 bits per heavy atom. The van der Waals surface area contributed by atoms with Crippen molar-refractivity contribution in [2.75, 3.05) is 12.4 Å². The molecule has 1 aromatic rings. The van der Waals surface area contributed by atoms with Gasteiger partial charge in [0.05, 0.1) is 17.5 Å². The van der Waals surface area contributed by atoms with Crippen LogP contribution in [0.1, 0.15) is 18.9 Å². The Kier molecular flexibility index (Phi) is 5.22. The van der Waals surface area contributed by atoms with Crippen molar-refractivity contribution in [3.05, 3.63) is 23.8 Å². The highest BCUT2D eigenvalue weighted by atomic mass is 79.9. The van der Waals surface area contributed by atoms with E-state index in [4.69, 9.17) is 0 Å². The van der Waals surface area contributed by atoms with E-state index in [1.165, 1.54) is 12.1 Å². The highest BCUT2D eigenvalue weighted by Gasteiger charge is 2.34. The molecule has 1 unspecified atom stereocenters. The first-order chi connectivity index (χ1) is 8.79. The van der Waals surface area contributed by atoms with Gasteiger partial charge in [-0.05, 0) is 24.6 Å². The van der Waals surface area contributed by atoms with Gasteiger partial charge in [0.1, 0.15) is 5.75 Å². The largest absolute Gasteiger partial charge is 0.496 e. The number of carbonyl (C=O) groups is 1. The number of hydrogen-bond donors (Lipinski definition) is 1. The molecule has 3 nitrogen and oxygen atoms in total. The summed E-state index contributed by atoms with van der Waals surface area (Å²) in [6.07, 6.45) is -4.00. The second kappa shape index (κ2) is 6.27. The third-order valence-electron chi connectivity index (χ3n) is 2.42. The summed E-state index contributed by atoms with van der Waals surface area (Å²) >= 11 is 3.13. The molecule has 0 saturated carbocycles. The van der Waals surface area contributed by atoms with Crippen LogP contribution >= 0.6 is 15.9 Å². The number of benzene rings is 1. The summed E-state index contributed by atoms with van der Waals surface area (Å²) in [4.78, 5) is 11.1. The molecule has 0 heterocycles. The topological polar surface area (TPSA) is 38.3 Å². The maximum atomic E-state index is 12.8. The van der Waals surface area contributed by atoms with E-state index >= 15 is 0 Å². The van der Waals surface area contributed by atoms with E-state index in [1.807, 2.05) is 0 Å². The Morgan fingerprint density at radius 3 is 2.58 bits per heavy atom. The summed E-state index contributed by atoms with van der Waals surface area (Å²) in [7, 11) is 1.16. The fourth-order valence-electron chi connectivity index (χ4n) is 1.41. The van der Waals surface area contributed by atoms with Crippen LogP contribution in [-0.2, 0) is 11.0 Å². The van der Waals surface area contributed by atoms with Crippen molar-refractivity contribution in [1.29, 1.82) is 0 Å². The number of amides is 1. The molecule has 1 aromatic carbocycles. The van der Waals surface area contributed by atoms with Crippen LogP contribution in [-0.4, -0.2) is 17.8 Å². The molecule has 0 aromatic heterocycles. The van der Waals surface area contributed by atoms with Gasteiger partial charge in [0.25, 0.3) is 0 Å². The smallest absolute Gasteiger partial charge is 0.420 e. The molecule has 0 aliphatic heterocycles. The van der Waals surface area contributed by atoms with Crippen molar-refractivity contribution >= 4 is 27.5 Å². The average Bonchev–Trinajstić information content (AvgIpc) is 2.36. The lowest BCUT2D eigenvalue weighted by molar-refractivity contribution is -0.138. The zero-order valence-corrected chi connectivity index (χ0v) is 11.9. The van der Waals surface area contributed by atoms with Gasteiger partial charge in [0.15, 0.2) is 0 Å². The average molecular weight is 340 g/mol. The predicted octanol–water partition coefficient (Wildman–Crippen LogP) is 3.83. The number of alkyl halides is 4. The van der Waals surface area contributed by atoms with E-state index in [9.17, 15) is 18.0 Å². The Labute approximate surface area is 117 Å². The van der Waals surface area contributed by atoms with E-state index in [-0.39, 0.29) is 17.3 Å². The monoisotopic (exact) mass is 339 g/mol. The summed E-state index contributed by atoms with van der Waals surface area (Å²) in [6, 6.07) is 3.39. The lowest BCUT2D eigenvalue weighted by Gasteiger charge is -2.14. The summed E-state index contributed by atoms with van der Waals surface area (Å²) in [6.45, 7) is 1.79. The van der Waals surface area contributed by atoms with E-state index in [2.05, 4.69) is 26.0 Å². The van der Waals surface area contributed by atoms with Gasteiger partial charge >= 0.3 is 6.18 Å². The zero-order valence-electron chi connectivity index (χ0n) is 10.3. The Hall–Kier alpha value is -1.24. The third-order valence-corrected chi connectivity index (χ3v) is 3.48. The Morgan fingerprint density at radius 2 is 2.11 bits per heavy atom. The number of ether oxygens (including phenoxy) is 1. The van der Waals surface area contributed by atoms with E-state index in [1.54, 1.807) is 6.92 Å². The normalized spacial score (nSPS) is 12.9. The molecule has 1 rings (SSSR count). The summed E-state index contributed by atoms with van der Waals surface area (Å²) in [5, 5.41) is 2.42. The second-order valence-electron chi connectivity index (χ2n) is 3.78. The van der Waals surface area contributed by atoms with Crippen LogP contribution in [0.4, 0.5) is 18.9 Å². The molecule has 0 saturated heterocycles. The SMILES string of the molecule is CCC(Br)C(=O)Nc1ccc(OC)c(C(F)(F)F)c1. The van der Waals surface area contributed by atoms with Crippen LogP contribution in [0.2, 0.25) is 0 Å². The number of carbonyl (C=O) groups excluding carboxylic acids is 1. The molecule has 106 valence electrons. The molecule has 0 aliphatic carbocycles. The number of methoxy groups -OCH3 is 1. The summed E-state index contributed by atoms with van der Waals surface area (Å²) < 4.78 is 43.0. The first-order valence-electron chi connectivity index (χ1n) is 5.49. The molecule has 0 spiro atoms. The van der Waals surface area contributed by atoms with Gasteiger partial charge in [-0.2, -0.15) is 13.2 Å². The molecular weight excluding hydrogens is 327 g/mol. The van der Waals surface area contributed by atoms with Crippen molar-refractivity contribution < 1.29 is 22.7 Å². The summed E-state index contributed by atoms with van der Waals surface area (Å²) in [5.74, 6) is -0.669. The van der Waals surface area contributed by atoms with Crippen molar-refractivity contribution in [3.8, 4) is 5.75 Å². The van der Waals surface area contributed by atoms with Gasteiger partial charge in [0.2, 0.25) is 5.91 Å². The van der Waals surface area contributed by atoms with Crippen molar-refractivity contribution in [3.63, 3.8) is 0 Å². The molecule has 0 radical (unpaired) electrons. The van der Waals surface area contributed by atoms with Gasteiger partial charge in [-0.3, -0.25) is 4.79 Å². The Balaban J connectivity index is 3.02. The molecule has 1 atom stereocenters. The second-order valence-corrected chi connectivity index (χ2v) is 4.88. The molecular formula is C12H13BrF3NO2. The van der Waals surface area contributed by atoms with Crippen LogP contribution in [0.25, 0.3) is 0 Å². The number of hydrogen-bond acceptors (Lipinski definition) is 2.